The fraction of sp³-hybridized carbons (Fsp3) is 0.375. The van der Waals surface area contributed by atoms with Crippen LogP contribution in [0.1, 0.15) is 38.3 Å². The molecule has 3 rings (SSSR count). The molecule has 1 unspecified atom stereocenters. The van der Waals surface area contributed by atoms with Crippen molar-refractivity contribution in [1.29, 1.82) is 0 Å². The van der Waals surface area contributed by atoms with Gasteiger partial charge in [0, 0.05) is 12.1 Å². The van der Waals surface area contributed by atoms with Gasteiger partial charge in [-0.15, -0.1) is 0 Å². The Balaban J connectivity index is 1.53. The van der Waals surface area contributed by atoms with Crippen molar-refractivity contribution in [2.24, 2.45) is 0 Å². The normalized spacial score (nSPS) is 16.0. The van der Waals surface area contributed by atoms with Crippen molar-refractivity contribution >= 4 is 23.8 Å². The lowest BCUT2D eigenvalue weighted by Crippen LogP contribution is -2.40. The van der Waals surface area contributed by atoms with Crippen LogP contribution in [0.4, 0.5) is 15.3 Å². The molecule has 2 aromatic carbocycles. The van der Waals surface area contributed by atoms with Gasteiger partial charge in [0.25, 0.3) is 0 Å². The van der Waals surface area contributed by atoms with E-state index in [2.05, 4.69) is 5.32 Å². The summed E-state index contributed by atoms with van der Waals surface area (Å²) in [5.74, 6) is -0.251. The van der Waals surface area contributed by atoms with Gasteiger partial charge in [0.15, 0.2) is 0 Å². The number of hydrogen-bond donors (Lipinski definition) is 1. The van der Waals surface area contributed by atoms with Crippen LogP contribution in [0.2, 0.25) is 0 Å². The molecule has 0 aromatic heterocycles. The molecule has 0 spiro atoms. The number of anilines is 1. The van der Waals surface area contributed by atoms with Crippen LogP contribution in [0, 0.1) is 0 Å². The fourth-order valence-electron chi connectivity index (χ4n) is 3.35. The lowest BCUT2D eigenvalue weighted by Gasteiger charge is -2.20. The van der Waals surface area contributed by atoms with Gasteiger partial charge in [-0.3, -0.25) is 10.1 Å². The average molecular weight is 424 g/mol. The first kappa shape index (κ1) is 22.3. The second kappa shape index (κ2) is 9.64. The highest BCUT2D eigenvalue weighted by molar-refractivity contribution is 5.93. The molecule has 164 valence electrons. The number of cyclic esters (lactones) is 1. The van der Waals surface area contributed by atoms with Crippen LogP contribution >= 0.6 is 0 Å². The van der Waals surface area contributed by atoms with Gasteiger partial charge in [0.2, 0.25) is 5.91 Å². The zero-order valence-corrected chi connectivity index (χ0v) is 18.1. The van der Waals surface area contributed by atoms with Gasteiger partial charge in [-0.1, -0.05) is 42.5 Å². The molecule has 1 aliphatic rings. The molecule has 1 saturated heterocycles. The summed E-state index contributed by atoms with van der Waals surface area (Å²) in [7, 11) is 0. The second-order valence-corrected chi connectivity index (χ2v) is 8.51. The maximum atomic E-state index is 12.7. The highest BCUT2D eigenvalue weighted by atomic mass is 16.6. The predicted octanol–water partition coefficient (Wildman–Crippen LogP) is 4.56. The van der Waals surface area contributed by atoms with Crippen LogP contribution in [0.5, 0.6) is 0 Å². The van der Waals surface area contributed by atoms with E-state index in [1.165, 1.54) is 4.90 Å². The zero-order valence-electron chi connectivity index (χ0n) is 18.1. The Kier molecular flexibility index (Phi) is 6.95. The first-order chi connectivity index (χ1) is 14.7. The number of imide groups is 1. The number of nitrogens with one attached hydrogen (secondary N) is 1. The molecule has 1 heterocycles. The summed E-state index contributed by atoms with van der Waals surface area (Å²) in [5, 5.41) is 2.67. The molecular weight excluding hydrogens is 396 g/mol. The minimum Gasteiger partial charge on any atom is -0.447 e. The van der Waals surface area contributed by atoms with Crippen molar-refractivity contribution in [3.8, 4) is 0 Å². The van der Waals surface area contributed by atoms with Crippen LogP contribution in [-0.4, -0.2) is 41.2 Å². The van der Waals surface area contributed by atoms with Crippen molar-refractivity contribution in [1.82, 2.24) is 4.90 Å². The second-order valence-electron chi connectivity index (χ2n) is 8.51. The van der Waals surface area contributed by atoms with Crippen LogP contribution in [0.3, 0.4) is 0 Å². The van der Waals surface area contributed by atoms with E-state index in [0.29, 0.717) is 18.5 Å². The Morgan fingerprint density at radius 3 is 2.39 bits per heavy atom. The number of amides is 3. The highest BCUT2D eigenvalue weighted by Gasteiger charge is 2.37. The molecule has 2 aromatic rings. The molecule has 1 fully saturated rings. The van der Waals surface area contributed by atoms with Gasteiger partial charge >= 0.3 is 12.2 Å². The summed E-state index contributed by atoms with van der Waals surface area (Å²) in [6.45, 7) is 5.61. The number of hydrogen-bond acceptors (Lipinski definition) is 5. The minimum atomic E-state index is -0.581. The first-order valence-electron chi connectivity index (χ1n) is 10.3. The molecule has 0 aliphatic carbocycles. The van der Waals surface area contributed by atoms with E-state index in [1.54, 1.807) is 32.9 Å². The maximum absolute atomic E-state index is 12.7. The summed E-state index contributed by atoms with van der Waals surface area (Å²) >= 11 is 0. The van der Waals surface area contributed by atoms with Crippen molar-refractivity contribution in [3.63, 3.8) is 0 Å². The number of aryl methyl sites for hydroxylation is 1. The van der Waals surface area contributed by atoms with Gasteiger partial charge < -0.3 is 9.47 Å². The molecule has 0 saturated carbocycles. The van der Waals surface area contributed by atoms with Crippen LogP contribution < -0.4 is 5.32 Å². The molecule has 1 atom stereocenters. The monoisotopic (exact) mass is 424 g/mol. The number of rotatable bonds is 6. The summed E-state index contributed by atoms with van der Waals surface area (Å²) in [4.78, 5) is 37.9. The SMILES string of the molecule is CC(C)(C)OC(=O)Nc1ccc(CCC(=O)N2C(=O)OCC2Cc2ccccc2)cc1. The van der Waals surface area contributed by atoms with Crippen molar-refractivity contribution in [2.45, 2.75) is 51.7 Å². The van der Waals surface area contributed by atoms with E-state index < -0.39 is 17.8 Å². The van der Waals surface area contributed by atoms with E-state index in [9.17, 15) is 14.4 Å². The predicted molar refractivity (Wildman–Crippen MR) is 117 cm³/mol. The summed E-state index contributed by atoms with van der Waals surface area (Å²) in [6.07, 6.45) is 0.144. The molecule has 3 amide bonds. The Morgan fingerprint density at radius 1 is 1.06 bits per heavy atom. The maximum Gasteiger partial charge on any atom is 0.416 e. The fourth-order valence-corrected chi connectivity index (χ4v) is 3.35. The number of carbonyl (C=O) groups is 3. The van der Waals surface area contributed by atoms with Crippen LogP contribution in [0.15, 0.2) is 54.6 Å². The Hall–Kier alpha value is -3.35. The Bertz CT molecular complexity index is 919. The van der Waals surface area contributed by atoms with E-state index in [4.69, 9.17) is 9.47 Å². The topological polar surface area (TPSA) is 84.9 Å². The molecule has 1 N–H and O–H groups in total. The van der Waals surface area contributed by atoms with E-state index in [1.807, 2.05) is 42.5 Å². The summed E-state index contributed by atoms with van der Waals surface area (Å²) in [6, 6.07) is 16.6. The lowest BCUT2D eigenvalue weighted by atomic mass is 10.0. The molecule has 31 heavy (non-hydrogen) atoms. The van der Waals surface area contributed by atoms with Crippen LogP contribution in [-0.2, 0) is 27.1 Å². The number of carbonyl (C=O) groups excluding carboxylic acids is 3. The molecule has 0 bridgehead atoms. The number of nitrogens with zero attached hydrogens (tertiary/aromatic N) is 1. The van der Waals surface area contributed by atoms with Gasteiger partial charge in [0.1, 0.15) is 12.2 Å². The van der Waals surface area contributed by atoms with Crippen LogP contribution in [0.25, 0.3) is 0 Å². The highest BCUT2D eigenvalue weighted by Crippen LogP contribution is 2.20. The standard InChI is InChI=1S/C24H28N2O5/c1-24(2,3)31-22(28)25-19-12-9-17(10-13-19)11-14-21(27)26-20(16-30-23(26)29)15-18-7-5-4-6-8-18/h4-10,12-13,20H,11,14-16H2,1-3H3,(H,25,28). The van der Waals surface area contributed by atoms with E-state index in [0.717, 1.165) is 11.1 Å². The third-order valence-corrected chi connectivity index (χ3v) is 4.77. The minimum absolute atomic E-state index is 0.194. The van der Waals surface area contributed by atoms with Crippen molar-refractivity contribution in [2.75, 3.05) is 11.9 Å². The zero-order chi connectivity index (χ0) is 22.4. The Morgan fingerprint density at radius 2 is 1.74 bits per heavy atom. The lowest BCUT2D eigenvalue weighted by molar-refractivity contribution is -0.129. The molecular formula is C24H28N2O5. The third kappa shape index (κ3) is 6.57. The average Bonchev–Trinajstić information content (AvgIpc) is 3.06. The smallest absolute Gasteiger partial charge is 0.416 e. The quantitative estimate of drug-likeness (QED) is 0.735. The van der Waals surface area contributed by atoms with Gasteiger partial charge in [0.05, 0.1) is 6.04 Å². The van der Waals surface area contributed by atoms with Gasteiger partial charge in [-0.25, -0.2) is 14.5 Å². The Labute approximate surface area is 182 Å². The third-order valence-electron chi connectivity index (χ3n) is 4.77. The van der Waals surface area contributed by atoms with Gasteiger partial charge in [-0.2, -0.15) is 0 Å². The van der Waals surface area contributed by atoms with E-state index >= 15 is 0 Å². The summed E-state index contributed by atoms with van der Waals surface area (Å²) < 4.78 is 10.4. The van der Waals surface area contributed by atoms with Gasteiger partial charge in [-0.05, 0) is 56.9 Å². The first-order valence-corrected chi connectivity index (χ1v) is 10.3. The number of benzene rings is 2. The van der Waals surface area contributed by atoms with E-state index in [-0.39, 0.29) is 25.0 Å². The molecule has 7 heteroatoms. The molecule has 0 radical (unpaired) electrons. The largest absolute Gasteiger partial charge is 0.447 e. The summed E-state index contributed by atoms with van der Waals surface area (Å²) in [5.41, 5.74) is 2.02. The van der Waals surface area contributed by atoms with Crippen molar-refractivity contribution in [3.05, 3.63) is 65.7 Å². The molecule has 1 aliphatic heterocycles. The molecule has 7 nitrogen and oxygen atoms in total. The van der Waals surface area contributed by atoms with Crippen molar-refractivity contribution < 1.29 is 23.9 Å². The number of ether oxygens (including phenoxy) is 2.